The highest BCUT2D eigenvalue weighted by atomic mass is 19.2. The van der Waals surface area contributed by atoms with Crippen molar-refractivity contribution in [3.8, 4) is 5.69 Å². The maximum Gasteiger partial charge on any atom is 0.324 e. The quantitative estimate of drug-likeness (QED) is 0.264. The minimum atomic E-state index is -1.37. The molecule has 0 atom stereocenters. The van der Waals surface area contributed by atoms with Crippen molar-refractivity contribution >= 4 is 34.3 Å². The van der Waals surface area contributed by atoms with Crippen molar-refractivity contribution in [1.29, 1.82) is 0 Å². The molecule has 8 nitrogen and oxygen atoms in total. The molecule has 0 fully saturated rings. The number of halogens is 3. The smallest absolute Gasteiger partial charge is 0.324 e. The number of anilines is 2. The number of nitrogens with one attached hydrogen (secondary N) is 3. The van der Waals surface area contributed by atoms with E-state index in [-0.39, 0.29) is 12.4 Å². The van der Waals surface area contributed by atoms with E-state index in [0.717, 1.165) is 16.3 Å². The fourth-order valence-corrected chi connectivity index (χ4v) is 3.75. The molecule has 0 radical (unpaired) electrons. The normalized spacial score (nSPS) is 11.4. The van der Waals surface area contributed by atoms with Gasteiger partial charge in [-0.05, 0) is 28.5 Å². The van der Waals surface area contributed by atoms with Gasteiger partial charge < -0.3 is 16.4 Å². The van der Waals surface area contributed by atoms with E-state index >= 15 is 0 Å². The van der Waals surface area contributed by atoms with Gasteiger partial charge in [-0.15, -0.1) is 0 Å². The molecule has 0 bridgehead atoms. The summed E-state index contributed by atoms with van der Waals surface area (Å²) in [4.78, 5) is 24.1. The van der Waals surface area contributed by atoms with Gasteiger partial charge in [0.25, 0.3) is 0 Å². The number of carbonyl (C=O) groups is 2. The van der Waals surface area contributed by atoms with E-state index in [4.69, 9.17) is 5.73 Å². The lowest BCUT2D eigenvalue weighted by atomic mass is 9.92. The molecular weight excluding hydrogens is 485 g/mol. The first kappa shape index (κ1) is 25.5. The summed E-state index contributed by atoms with van der Waals surface area (Å²) in [7, 11) is 0. The van der Waals surface area contributed by atoms with Crippen LogP contribution in [0.2, 0.25) is 0 Å². The largest absolute Gasteiger partial charge is 0.352 e. The molecule has 3 aromatic carbocycles. The fraction of sp³-hybridized carbons (Fsp3) is 0.192. The van der Waals surface area contributed by atoms with Crippen LogP contribution in [-0.4, -0.2) is 21.8 Å². The molecule has 11 heteroatoms. The zero-order valence-corrected chi connectivity index (χ0v) is 20.3. The van der Waals surface area contributed by atoms with Crippen molar-refractivity contribution in [2.45, 2.75) is 32.7 Å². The number of primary amides is 1. The molecule has 0 unspecified atom stereocenters. The molecule has 0 spiro atoms. The first-order valence-electron chi connectivity index (χ1n) is 11.3. The monoisotopic (exact) mass is 510 g/mol. The Kier molecular flexibility index (Phi) is 6.80. The van der Waals surface area contributed by atoms with Gasteiger partial charge in [0, 0.05) is 30.2 Å². The highest BCUT2D eigenvalue weighted by molar-refractivity contribution is 5.99. The number of nitrogens with two attached hydrogens (primary N) is 1. The van der Waals surface area contributed by atoms with Gasteiger partial charge in [-0.3, -0.25) is 5.32 Å². The van der Waals surface area contributed by atoms with Gasteiger partial charge in [-0.2, -0.15) is 5.10 Å². The van der Waals surface area contributed by atoms with Gasteiger partial charge in [0.15, 0.2) is 11.6 Å². The first-order valence-corrected chi connectivity index (χ1v) is 11.3. The Morgan fingerprint density at radius 2 is 1.65 bits per heavy atom. The second kappa shape index (κ2) is 9.84. The van der Waals surface area contributed by atoms with Crippen LogP contribution >= 0.6 is 0 Å². The van der Waals surface area contributed by atoms with E-state index in [1.165, 1.54) is 4.68 Å². The van der Waals surface area contributed by atoms with Crippen LogP contribution in [0, 0.1) is 17.5 Å². The summed E-state index contributed by atoms with van der Waals surface area (Å²) >= 11 is 0. The third-order valence-electron chi connectivity index (χ3n) is 5.61. The average Bonchev–Trinajstić information content (AvgIpc) is 3.25. The molecule has 37 heavy (non-hydrogen) atoms. The SMILES string of the molecule is CC(C)(C)c1cc(NC(=O)Nc2cc(F)c(F)cc2F)n(-c2cc(CNC(N)=O)c3ccccc3c2)n1. The number of aromatic nitrogens is 2. The Morgan fingerprint density at radius 3 is 2.35 bits per heavy atom. The highest BCUT2D eigenvalue weighted by Crippen LogP contribution is 2.29. The molecule has 0 saturated heterocycles. The van der Waals surface area contributed by atoms with Crippen LogP contribution in [0.3, 0.4) is 0 Å². The number of fused-ring (bicyclic) bond motifs is 1. The lowest BCUT2D eigenvalue weighted by Crippen LogP contribution is -2.28. The fourth-order valence-electron chi connectivity index (χ4n) is 3.75. The minimum absolute atomic E-state index is 0.162. The lowest BCUT2D eigenvalue weighted by Gasteiger charge is -2.15. The van der Waals surface area contributed by atoms with Crippen molar-refractivity contribution in [1.82, 2.24) is 15.1 Å². The van der Waals surface area contributed by atoms with Crippen molar-refractivity contribution in [2.24, 2.45) is 5.73 Å². The Labute approximate surface area is 210 Å². The van der Waals surface area contributed by atoms with Crippen LogP contribution in [0.15, 0.2) is 54.6 Å². The van der Waals surface area contributed by atoms with Gasteiger partial charge in [0.2, 0.25) is 0 Å². The van der Waals surface area contributed by atoms with E-state index in [0.29, 0.717) is 23.5 Å². The molecule has 0 aliphatic carbocycles. The number of rotatable bonds is 5. The second-order valence-electron chi connectivity index (χ2n) is 9.45. The molecular formula is C26H25F3N6O2. The molecule has 4 amide bonds. The van der Waals surface area contributed by atoms with E-state index in [2.05, 4.69) is 21.0 Å². The second-order valence-corrected chi connectivity index (χ2v) is 9.45. The maximum absolute atomic E-state index is 14.1. The molecule has 192 valence electrons. The van der Waals surface area contributed by atoms with Crippen LogP contribution in [0.5, 0.6) is 0 Å². The summed E-state index contributed by atoms with van der Waals surface area (Å²) in [6, 6.07) is 12.2. The highest BCUT2D eigenvalue weighted by Gasteiger charge is 2.23. The van der Waals surface area contributed by atoms with Gasteiger partial charge in [-0.1, -0.05) is 45.0 Å². The number of benzene rings is 3. The molecule has 1 heterocycles. The zero-order valence-electron chi connectivity index (χ0n) is 20.3. The summed E-state index contributed by atoms with van der Waals surface area (Å²) in [5.74, 6) is -3.55. The van der Waals surface area contributed by atoms with Gasteiger partial charge in [0.05, 0.1) is 17.1 Å². The van der Waals surface area contributed by atoms with Gasteiger partial charge >= 0.3 is 12.1 Å². The summed E-state index contributed by atoms with van der Waals surface area (Å²) < 4.78 is 42.4. The summed E-state index contributed by atoms with van der Waals surface area (Å²) in [5.41, 5.74) is 6.33. The Balaban J connectivity index is 1.75. The molecule has 0 aliphatic rings. The molecule has 1 aromatic heterocycles. The molecule has 5 N–H and O–H groups in total. The van der Waals surface area contributed by atoms with E-state index in [9.17, 15) is 22.8 Å². The van der Waals surface area contributed by atoms with Crippen LogP contribution in [0.4, 0.5) is 34.3 Å². The van der Waals surface area contributed by atoms with Crippen molar-refractivity contribution in [3.63, 3.8) is 0 Å². The Bertz CT molecular complexity index is 1510. The summed E-state index contributed by atoms with van der Waals surface area (Å²) in [5, 5.41) is 13.8. The van der Waals surface area contributed by atoms with Crippen LogP contribution < -0.4 is 21.7 Å². The lowest BCUT2D eigenvalue weighted by molar-refractivity contribution is 0.248. The van der Waals surface area contributed by atoms with Crippen molar-refractivity contribution in [3.05, 3.63) is 83.3 Å². The minimum Gasteiger partial charge on any atom is -0.352 e. The summed E-state index contributed by atoms with van der Waals surface area (Å²) in [6.45, 7) is 6.00. The van der Waals surface area contributed by atoms with Crippen LogP contribution in [0.25, 0.3) is 16.5 Å². The van der Waals surface area contributed by atoms with E-state index in [1.54, 1.807) is 12.1 Å². The van der Waals surface area contributed by atoms with Crippen molar-refractivity contribution < 1.29 is 22.8 Å². The number of carbonyl (C=O) groups excluding carboxylic acids is 2. The standard InChI is InChI=1S/C26H25F3N6O2/c1-26(2,3)22-12-23(33-25(37)32-21-11-19(28)18(27)10-20(21)29)35(34-22)16-8-14-6-4-5-7-17(14)15(9-16)13-31-24(30)36/h4-12H,13H2,1-3H3,(H3,30,31,36)(H2,32,33,37). The third kappa shape index (κ3) is 5.66. The molecule has 4 rings (SSSR count). The van der Waals surface area contributed by atoms with Crippen LogP contribution in [-0.2, 0) is 12.0 Å². The first-order chi connectivity index (χ1) is 17.4. The predicted molar refractivity (Wildman–Crippen MR) is 135 cm³/mol. The molecule has 0 aliphatic heterocycles. The van der Waals surface area contributed by atoms with Gasteiger partial charge in [0.1, 0.15) is 11.6 Å². The topological polar surface area (TPSA) is 114 Å². The number of amides is 4. The molecule has 0 saturated carbocycles. The summed E-state index contributed by atoms with van der Waals surface area (Å²) in [6.07, 6.45) is 0. The van der Waals surface area contributed by atoms with Gasteiger partial charge in [-0.25, -0.2) is 27.4 Å². The Morgan fingerprint density at radius 1 is 0.946 bits per heavy atom. The number of hydrogen-bond acceptors (Lipinski definition) is 3. The third-order valence-corrected chi connectivity index (χ3v) is 5.61. The Hall–Kier alpha value is -4.54. The van der Waals surface area contributed by atoms with E-state index in [1.807, 2.05) is 51.1 Å². The van der Waals surface area contributed by atoms with Crippen molar-refractivity contribution in [2.75, 3.05) is 10.6 Å². The van der Waals surface area contributed by atoms with Crippen LogP contribution in [0.1, 0.15) is 32.0 Å². The predicted octanol–water partition coefficient (Wildman–Crippen LogP) is 5.55. The zero-order chi connectivity index (χ0) is 26.9. The van der Waals surface area contributed by atoms with E-state index < -0.39 is 40.6 Å². The number of nitrogens with zero attached hydrogens (tertiary/aromatic N) is 2. The number of hydrogen-bond donors (Lipinski definition) is 4. The average molecular weight is 511 g/mol. The maximum atomic E-state index is 14.1. The number of urea groups is 2. The molecule has 4 aromatic rings.